The van der Waals surface area contributed by atoms with E-state index in [0.29, 0.717) is 6.54 Å². The molecule has 0 spiro atoms. The number of aliphatic hydroxyl groups excluding tert-OH is 1. The molecule has 0 aromatic heterocycles. The van der Waals surface area contributed by atoms with Crippen molar-refractivity contribution in [2.45, 2.75) is 38.8 Å². The van der Waals surface area contributed by atoms with Gasteiger partial charge in [-0.3, -0.25) is 9.80 Å². The summed E-state index contributed by atoms with van der Waals surface area (Å²) < 4.78 is 11.4. The third-order valence-electron chi connectivity index (χ3n) is 5.68. The van der Waals surface area contributed by atoms with E-state index >= 15 is 0 Å². The maximum absolute atomic E-state index is 10.6. The summed E-state index contributed by atoms with van der Waals surface area (Å²) >= 11 is 5.97. The van der Waals surface area contributed by atoms with E-state index in [9.17, 15) is 5.11 Å². The van der Waals surface area contributed by atoms with Crippen LogP contribution in [0.5, 0.6) is 11.5 Å². The number of aliphatic hydroxyl groups is 1. The number of hydrogen-bond donors (Lipinski definition) is 1. The van der Waals surface area contributed by atoms with Gasteiger partial charge in [0.05, 0.1) is 7.11 Å². The van der Waals surface area contributed by atoms with E-state index in [1.807, 2.05) is 30.3 Å². The molecule has 2 aromatic carbocycles. The molecule has 0 radical (unpaired) electrons. The first-order valence-electron chi connectivity index (χ1n) is 10.9. The number of halogens is 1. The highest BCUT2D eigenvalue weighted by Crippen LogP contribution is 2.34. The van der Waals surface area contributed by atoms with Crippen molar-refractivity contribution < 1.29 is 14.6 Å². The molecular formula is C25H35ClN2O3. The monoisotopic (exact) mass is 446 g/mol. The zero-order chi connectivity index (χ0) is 22.4. The van der Waals surface area contributed by atoms with Crippen LogP contribution in [-0.2, 0) is 12.0 Å². The lowest BCUT2D eigenvalue weighted by Crippen LogP contribution is -2.48. The predicted octanol–water partition coefficient (Wildman–Crippen LogP) is 4.20. The van der Waals surface area contributed by atoms with Crippen LogP contribution >= 0.6 is 11.6 Å². The van der Waals surface area contributed by atoms with Crippen molar-refractivity contribution in [1.82, 2.24) is 9.80 Å². The Morgan fingerprint density at radius 3 is 2.26 bits per heavy atom. The normalized spacial score (nSPS) is 16.8. The van der Waals surface area contributed by atoms with E-state index in [1.165, 1.54) is 5.56 Å². The standard InChI is InChI=1S/C25H35ClN2O3/c1-25(2,3)23-15-22(30-4)9-10-24(23)31-18-21(29)17-28-13-11-27(12-14-28)16-19-5-7-20(26)8-6-19/h5-10,15,21,29H,11-14,16-18H2,1-4H3. The molecule has 1 N–H and O–H groups in total. The topological polar surface area (TPSA) is 45.2 Å². The Hall–Kier alpha value is -1.79. The van der Waals surface area contributed by atoms with Crippen molar-refractivity contribution in [2.24, 2.45) is 0 Å². The Bertz CT molecular complexity index is 828. The average molecular weight is 447 g/mol. The Kier molecular flexibility index (Phi) is 8.23. The molecule has 6 heteroatoms. The summed E-state index contributed by atoms with van der Waals surface area (Å²) in [6, 6.07) is 13.9. The maximum atomic E-state index is 10.6. The molecule has 1 aliphatic heterocycles. The molecule has 1 fully saturated rings. The predicted molar refractivity (Wildman–Crippen MR) is 126 cm³/mol. The molecule has 1 heterocycles. The lowest BCUT2D eigenvalue weighted by molar-refractivity contribution is 0.0442. The molecule has 1 unspecified atom stereocenters. The van der Waals surface area contributed by atoms with Crippen molar-refractivity contribution in [3.63, 3.8) is 0 Å². The first-order valence-corrected chi connectivity index (χ1v) is 11.3. The second-order valence-corrected chi connectivity index (χ2v) is 9.72. The summed E-state index contributed by atoms with van der Waals surface area (Å²) in [6.07, 6.45) is -0.530. The van der Waals surface area contributed by atoms with Gasteiger partial charge in [-0.15, -0.1) is 0 Å². The van der Waals surface area contributed by atoms with Crippen LogP contribution in [0, 0.1) is 0 Å². The smallest absolute Gasteiger partial charge is 0.123 e. The second-order valence-electron chi connectivity index (χ2n) is 9.28. The lowest BCUT2D eigenvalue weighted by Gasteiger charge is -2.35. The number of β-amino-alcohol motifs (C(OH)–C–C–N with tert-alkyl or cyclic N) is 1. The number of benzene rings is 2. The number of piperazine rings is 1. The Balaban J connectivity index is 1.46. The first kappa shape index (κ1) is 23.9. The number of hydrogen-bond acceptors (Lipinski definition) is 5. The summed E-state index contributed by atoms with van der Waals surface area (Å²) in [5.74, 6) is 1.62. The molecule has 1 atom stereocenters. The van der Waals surface area contributed by atoms with Crippen LogP contribution in [0.2, 0.25) is 5.02 Å². The third kappa shape index (κ3) is 7.11. The van der Waals surface area contributed by atoms with Crippen molar-refractivity contribution in [3.05, 3.63) is 58.6 Å². The van der Waals surface area contributed by atoms with E-state index in [1.54, 1.807) is 7.11 Å². The van der Waals surface area contributed by atoms with Crippen molar-refractivity contribution in [3.8, 4) is 11.5 Å². The number of ether oxygens (including phenoxy) is 2. The van der Waals surface area contributed by atoms with Crippen LogP contribution in [0.25, 0.3) is 0 Å². The molecule has 5 nitrogen and oxygen atoms in total. The van der Waals surface area contributed by atoms with Crippen molar-refractivity contribution >= 4 is 11.6 Å². The van der Waals surface area contributed by atoms with Crippen LogP contribution in [0.1, 0.15) is 31.9 Å². The van der Waals surface area contributed by atoms with Crippen LogP contribution in [0.15, 0.2) is 42.5 Å². The number of rotatable bonds is 8. The van der Waals surface area contributed by atoms with Gasteiger partial charge in [0.2, 0.25) is 0 Å². The van der Waals surface area contributed by atoms with Gasteiger partial charge in [0.1, 0.15) is 24.2 Å². The fourth-order valence-corrected chi connectivity index (χ4v) is 3.99. The van der Waals surface area contributed by atoms with Crippen LogP contribution in [0.4, 0.5) is 0 Å². The van der Waals surface area contributed by atoms with Gasteiger partial charge < -0.3 is 14.6 Å². The second kappa shape index (κ2) is 10.7. The molecule has 0 bridgehead atoms. The summed E-state index contributed by atoms with van der Waals surface area (Å²) in [5, 5.41) is 11.3. The van der Waals surface area contributed by atoms with Gasteiger partial charge in [0.25, 0.3) is 0 Å². The minimum Gasteiger partial charge on any atom is -0.497 e. The van der Waals surface area contributed by atoms with Gasteiger partial charge in [-0.05, 0) is 41.3 Å². The number of methoxy groups -OCH3 is 1. The lowest BCUT2D eigenvalue weighted by atomic mass is 9.86. The fourth-order valence-electron chi connectivity index (χ4n) is 3.86. The highest BCUT2D eigenvalue weighted by Gasteiger charge is 2.22. The van der Waals surface area contributed by atoms with E-state index < -0.39 is 6.10 Å². The quantitative estimate of drug-likeness (QED) is 0.658. The maximum Gasteiger partial charge on any atom is 0.123 e. The largest absolute Gasteiger partial charge is 0.497 e. The molecule has 170 valence electrons. The van der Waals surface area contributed by atoms with Gasteiger partial charge in [0.15, 0.2) is 0 Å². The van der Waals surface area contributed by atoms with Crippen molar-refractivity contribution in [1.29, 1.82) is 0 Å². The molecular weight excluding hydrogens is 412 g/mol. The van der Waals surface area contributed by atoms with Gasteiger partial charge in [-0.2, -0.15) is 0 Å². The summed E-state index contributed by atoms with van der Waals surface area (Å²) in [6.45, 7) is 12.1. The van der Waals surface area contributed by atoms with E-state index in [-0.39, 0.29) is 12.0 Å². The van der Waals surface area contributed by atoms with E-state index in [0.717, 1.165) is 54.8 Å². The Labute approximate surface area is 191 Å². The van der Waals surface area contributed by atoms with Gasteiger partial charge >= 0.3 is 0 Å². The Morgan fingerprint density at radius 2 is 1.65 bits per heavy atom. The van der Waals surface area contributed by atoms with Crippen LogP contribution in [0.3, 0.4) is 0 Å². The average Bonchev–Trinajstić information content (AvgIpc) is 2.74. The molecule has 1 aliphatic rings. The molecule has 0 saturated carbocycles. The summed E-state index contributed by atoms with van der Waals surface area (Å²) in [7, 11) is 1.67. The van der Waals surface area contributed by atoms with E-state index in [4.69, 9.17) is 21.1 Å². The first-order chi connectivity index (χ1) is 14.7. The summed E-state index contributed by atoms with van der Waals surface area (Å²) in [5.41, 5.74) is 2.28. The highest BCUT2D eigenvalue weighted by molar-refractivity contribution is 6.30. The highest BCUT2D eigenvalue weighted by atomic mass is 35.5. The Morgan fingerprint density at radius 1 is 1.00 bits per heavy atom. The van der Waals surface area contributed by atoms with Gasteiger partial charge in [-0.1, -0.05) is 44.5 Å². The SMILES string of the molecule is COc1ccc(OCC(O)CN2CCN(Cc3ccc(Cl)cc3)CC2)c(C(C)(C)C)c1. The molecule has 0 aliphatic carbocycles. The van der Waals surface area contributed by atoms with Crippen LogP contribution in [-0.4, -0.2) is 67.5 Å². The molecule has 3 rings (SSSR count). The van der Waals surface area contributed by atoms with Crippen LogP contribution < -0.4 is 9.47 Å². The van der Waals surface area contributed by atoms with Gasteiger partial charge in [0, 0.05) is 49.9 Å². The minimum atomic E-state index is -0.530. The van der Waals surface area contributed by atoms with E-state index in [2.05, 4.69) is 42.7 Å². The molecule has 1 saturated heterocycles. The molecule has 2 aromatic rings. The third-order valence-corrected chi connectivity index (χ3v) is 5.93. The minimum absolute atomic E-state index is 0.0742. The zero-order valence-electron chi connectivity index (χ0n) is 19.1. The molecule has 31 heavy (non-hydrogen) atoms. The fraction of sp³-hybridized carbons (Fsp3) is 0.520. The zero-order valence-corrected chi connectivity index (χ0v) is 19.9. The molecule has 0 amide bonds. The van der Waals surface area contributed by atoms with Gasteiger partial charge in [-0.25, -0.2) is 0 Å². The summed E-state index contributed by atoms with van der Waals surface area (Å²) in [4.78, 5) is 4.75. The van der Waals surface area contributed by atoms with Crippen molar-refractivity contribution in [2.75, 3.05) is 46.4 Å². The number of nitrogens with zero attached hydrogens (tertiary/aromatic N) is 2.